The van der Waals surface area contributed by atoms with E-state index in [0.29, 0.717) is 5.75 Å². The second kappa shape index (κ2) is 5.61. The zero-order valence-electron chi connectivity index (χ0n) is 9.48. The highest BCUT2D eigenvalue weighted by Crippen LogP contribution is 2.35. The van der Waals surface area contributed by atoms with Gasteiger partial charge < -0.3 is 5.11 Å². The molecule has 0 aromatic heterocycles. The zero-order chi connectivity index (χ0) is 12.3. The van der Waals surface area contributed by atoms with Gasteiger partial charge in [-0.3, -0.25) is 0 Å². The van der Waals surface area contributed by atoms with Crippen molar-refractivity contribution in [2.45, 2.75) is 23.1 Å². The Balaban J connectivity index is 2.19. The fourth-order valence-electron chi connectivity index (χ4n) is 1.50. The van der Waals surface area contributed by atoms with Crippen LogP contribution in [-0.4, -0.2) is 5.11 Å². The molecule has 2 rings (SSSR count). The first-order chi connectivity index (χ1) is 8.19. The summed E-state index contributed by atoms with van der Waals surface area (Å²) < 4.78 is 0.890. The molecule has 0 saturated heterocycles. The SMILES string of the molecule is CCc1ccc(Sc2ccc(Br)cc2O)cc1. The molecule has 0 atom stereocenters. The number of aromatic hydroxyl groups is 1. The van der Waals surface area contributed by atoms with Crippen LogP contribution in [0.15, 0.2) is 56.7 Å². The van der Waals surface area contributed by atoms with E-state index in [1.54, 1.807) is 17.8 Å². The first-order valence-electron chi connectivity index (χ1n) is 5.44. The molecule has 0 bridgehead atoms. The second-order valence-electron chi connectivity index (χ2n) is 3.71. The molecule has 0 aliphatic rings. The predicted molar refractivity (Wildman–Crippen MR) is 75.7 cm³/mol. The predicted octanol–water partition coefficient (Wildman–Crippen LogP) is 4.87. The fraction of sp³-hybridized carbons (Fsp3) is 0.143. The standard InChI is InChI=1S/C14H13BrOS/c1-2-10-3-6-12(7-4-10)17-14-8-5-11(15)9-13(14)16/h3-9,16H,2H2,1H3. The molecule has 0 amide bonds. The Hall–Kier alpha value is -0.930. The summed E-state index contributed by atoms with van der Waals surface area (Å²) in [5.74, 6) is 0.309. The highest BCUT2D eigenvalue weighted by molar-refractivity contribution is 9.10. The molecule has 17 heavy (non-hydrogen) atoms. The Labute approximate surface area is 114 Å². The van der Waals surface area contributed by atoms with Gasteiger partial charge >= 0.3 is 0 Å². The van der Waals surface area contributed by atoms with Crippen LogP contribution >= 0.6 is 27.7 Å². The van der Waals surface area contributed by atoms with Gasteiger partial charge in [0.1, 0.15) is 5.75 Å². The lowest BCUT2D eigenvalue weighted by atomic mass is 10.2. The van der Waals surface area contributed by atoms with E-state index < -0.39 is 0 Å². The van der Waals surface area contributed by atoms with E-state index in [-0.39, 0.29) is 0 Å². The summed E-state index contributed by atoms with van der Waals surface area (Å²) in [6, 6.07) is 14.0. The maximum atomic E-state index is 9.80. The van der Waals surface area contributed by atoms with Crippen molar-refractivity contribution in [3.05, 3.63) is 52.5 Å². The van der Waals surface area contributed by atoms with Crippen molar-refractivity contribution < 1.29 is 5.11 Å². The minimum Gasteiger partial charge on any atom is -0.507 e. The quantitative estimate of drug-likeness (QED) is 0.873. The number of benzene rings is 2. The van der Waals surface area contributed by atoms with Gasteiger partial charge in [-0.05, 0) is 42.3 Å². The maximum Gasteiger partial charge on any atom is 0.130 e. The molecule has 0 aliphatic heterocycles. The van der Waals surface area contributed by atoms with Gasteiger partial charge in [0, 0.05) is 9.37 Å². The third-order valence-corrected chi connectivity index (χ3v) is 4.05. The summed E-state index contributed by atoms with van der Waals surface area (Å²) >= 11 is 4.90. The fourth-order valence-corrected chi connectivity index (χ4v) is 2.67. The lowest BCUT2D eigenvalue weighted by molar-refractivity contribution is 0.462. The molecule has 2 aromatic carbocycles. The number of hydrogen-bond donors (Lipinski definition) is 1. The van der Waals surface area contributed by atoms with Gasteiger partial charge in [0.05, 0.1) is 4.90 Å². The normalized spacial score (nSPS) is 10.5. The number of phenols is 1. The van der Waals surface area contributed by atoms with Gasteiger partial charge in [0.2, 0.25) is 0 Å². The van der Waals surface area contributed by atoms with Crippen molar-refractivity contribution in [1.29, 1.82) is 0 Å². The van der Waals surface area contributed by atoms with Crippen LogP contribution in [0.5, 0.6) is 5.75 Å². The van der Waals surface area contributed by atoms with Crippen LogP contribution in [-0.2, 0) is 6.42 Å². The maximum absolute atomic E-state index is 9.80. The summed E-state index contributed by atoms with van der Waals surface area (Å²) in [7, 11) is 0. The Bertz CT molecular complexity index is 508. The summed E-state index contributed by atoms with van der Waals surface area (Å²) in [6.45, 7) is 2.14. The second-order valence-corrected chi connectivity index (χ2v) is 5.74. The number of hydrogen-bond acceptors (Lipinski definition) is 2. The Morgan fingerprint density at radius 2 is 1.82 bits per heavy atom. The van der Waals surface area contributed by atoms with Gasteiger partial charge in [-0.2, -0.15) is 0 Å². The topological polar surface area (TPSA) is 20.2 Å². The van der Waals surface area contributed by atoms with Crippen LogP contribution in [0.25, 0.3) is 0 Å². The summed E-state index contributed by atoms with van der Waals surface area (Å²) in [5.41, 5.74) is 1.33. The van der Waals surface area contributed by atoms with E-state index >= 15 is 0 Å². The smallest absolute Gasteiger partial charge is 0.130 e. The van der Waals surface area contributed by atoms with E-state index in [0.717, 1.165) is 20.7 Å². The first-order valence-corrected chi connectivity index (χ1v) is 7.05. The molecule has 0 spiro atoms. The third-order valence-electron chi connectivity index (χ3n) is 2.48. The lowest BCUT2D eigenvalue weighted by Crippen LogP contribution is -1.80. The van der Waals surface area contributed by atoms with Gasteiger partial charge in [0.25, 0.3) is 0 Å². The van der Waals surface area contributed by atoms with Crippen LogP contribution in [0.2, 0.25) is 0 Å². The highest BCUT2D eigenvalue weighted by atomic mass is 79.9. The zero-order valence-corrected chi connectivity index (χ0v) is 11.9. The molecule has 3 heteroatoms. The van der Waals surface area contributed by atoms with Crippen molar-refractivity contribution in [3.63, 3.8) is 0 Å². The van der Waals surface area contributed by atoms with E-state index in [9.17, 15) is 5.11 Å². The average Bonchev–Trinajstić information content (AvgIpc) is 2.34. The van der Waals surface area contributed by atoms with Crippen LogP contribution in [0, 0.1) is 0 Å². The molecule has 0 saturated carbocycles. The van der Waals surface area contributed by atoms with Crippen LogP contribution in [0.4, 0.5) is 0 Å². The number of rotatable bonds is 3. The van der Waals surface area contributed by atoms with E-state index in [1.807, 2.05) is 12.1 Å². The lowest BCUT2D eigenvalue weighted by Gasteiger charge is -2.05. The minimum absolute atomic E-state index is 0.309. The van der Waals surface area contributed by atoms with Crippen molar-refractivity contribution in [2.75, 3.05) is 0 Å². The molecule has 0 unspecified atom stereocenters. The Kier molecular flexibility index (Phi) is 4.13. The van der Waals surface area contributed by atoms with Crippen molar-refractivity contribution in [2.24, 2.45) is 0 Å². The van der Waals surface area contributed by atoms with E-state index in [1.165, 1.54) is 5.56 Å². The molecule has 88 valence electrons. The molecular formula is C14H13BrOS. The Morgan fingerprint density at radius 3 is 2.41 bits per heavy atom. The third kappa shape index (κ3) is 3.27. The van der Waals surface area contributed by atoms with Crippen molar-refractivity contribution in [1.82, 2.24) is 0 Å². The largest absolute Gasteiger partial charge is 0.507 e. The number of phenolic OH excluding ortho intramolecular Hbond substituents is 1. The van der Waals surface area contributed by atoms with Crippen LogP contribution < -0.4 is 0 Å². The minimum atomic E-state index is 0.309. The molecule has 0 aliphatic carbocycles. The number of halogens is 1. The highest BCUT2D eigenvalue weighted by Gasteiger charge is 2.04. The molecule has 1 N–H and O–H groups in total. The molecule has 0 heterocycles. The first kappa shape index (κ1) is 12.5. The monoisotopic (exact) mass is 308 g/mol. The molecular weight excluding hydrogens is 296 g/mol. The Morgan fingerprint density at radius 1 is 1.12 bits per heavy atom. The van der Waals surface area contributed by atoms with E-state index in [4.69, 9.17) is 0 Å². The van der Waals surface area contributed by atoms with Gasteiger partial charge in [-0.25, -0.2) is 0 Å². The molecule has 0 fully saturated rings. The van der Waals surface area contributed by atoms with Crippen LogP contribution in [0.1, 0.15) is 12.5 Å². The van der Waals surface area contributed by atoms with E-state index in [2.05, 4.69) is 47.1 Å². The van der Waals surface area contributed by atoms with Gasteiger partial charge in [0.15, 0.2) is 0 Å². The number of aryl methyl sites for hydroxylation is 1. The summed E-state index contributed by atoms with van der Waals surface area (Å²) in [4.78, 5) is 2.01. The summed E-state index contributed by atoms with van der Waals surface area (Å²) in [5, 5.41) is 9.80. The molecule has 0 radical (unpaired) electrons. The van der Waals surface area contributed by atoms with Crippen LogP contribution in [0.3, 0.4) is 0 Å². The van der Waals surface area contributed by atoms with Gasteiger partial charge in [-0.15, -0.1) is 0 Å². The summed E-state index contributed by atoms with van der Waals surface area (Å²) in [6.07, 6.45) is 1.05. The van der Waals surface area contributed by atoms with Crippen molar-refractivity contribution >= 4 is 27.7 Å². The molecule has 2 aromatic rings. The average molecular weight is 309 g/mol. The molecule has 1 nitrogen and oxygen atoms in total. The van der Waals surface area contributed by atoms with Crippen molar-refractivity contribution in [3.8, 4) is 5.75 Å². The van der Waals surface area contributed by atoms with Gasteiger partial charge in [-0.1, -0.05) is 46.7 Å².